The van der Waals surface area contributed by atoms with Crippen molar-refractivity contribution in [1.82, 2.24) is 5.32 Å². The predicted octanol–water partition coefficient (Wildman–Crippen LogP) is 2.65. The molecule has 0 aromatic heterocycles. The average molecular weight is 263 g/mol. The van der Waals surface area contributed by atoms with Crippen LogP contribution in [0, 0.1) is 11.8 Å². The van der Waals surface area contributed by atoms with Gasteiger partial charge < -0.3 is 15.5 Å². The molecule has 1 aromatic carbocycles. The van der Waals surface area contributed by atoms with Crippen molar-refractivity contribution in [2.45, 2.75) is 39.2 Å². The van der Waals surface area contributed by atoms with Gasteiger partial charge in [0.2, 0.25) is 0 Å². The zero-order valence-electron chi connectivity index (χ0n) is 11.4. The third-order valence-corrected chi connectivity index (χ3v) is 4.01. The number of rotatable bonds is 2. The molecule has 2 rings (SSSR count). The first-order chi connectivity index (χ1) is 8.99. The number of amides is 1. The lowest BCUT2D eigenvalue weighted by Gasteiger charge is -2.33. The number of nitrogens with one attached hydrogen (secondary N) is 1. The van der Waals surface area contributed by atoms with E-state index < -0.39 is 0 Å². The standard InChI is InChI=1S/C15H21NO3/c1-9-6-7-12(10(2)8-9)16-15(19)11-4-3-5-13(17)14(11)18/h3-5,9-10,12,17-18H,6-8H2,1-2H3,(H,16,19). The van der Waals surface area contributed by atoms with Gasteiger partial charge in [0, 0.05) is 6.04 Å². The molecule has 0 spiro atoms. The minimum absolute atomic E-state index is 0.130. The van der Waals surface area contributed by atoms with E-state index in [4.69, 9.17) is 0 Å². The molecule has 1 amide bonds. The summed E-state index contributed by atoms with van der Waals surface area (Å²) in [5.41, 5.74) is 0.130. The van der Waals surface area contributed by atoms with Crippen LogP contribution >= 0.6 is 0 Å². The molecule has 19 heavy (non-hydrogen) atoms. The Balaban J connectivity index is 2.07. The molecule has 1 aliphatic rings. The molecule has 1 fully saturated rings. The molecule has 3 atom stereocenters. The minimum Gasteiger partial charge on any atom is -0.504 e. The number of phenols is 2. The summed E-state index contributed by atoms with van der Waals surface area (Å²) in [5, 5.41) is 22.1. The van der Waals surface area contributed by atoms with Gasteiger partial charge in [-0.1, -0.05) is 19.9 Å². The average Bonchev–Trinajstić information content (AvgIpc) is 2.36. The number of hydrogen-bond donors (Lipinski definition) is 3. The van der Waals surface area contributed by atoms with Crippen LogP contribution in [0.3, 0.4) is 0 Å². The van der Waals surface area contributed by atoms with Crippen LogP contribution in [0.5, 0.6) is 11.5 Å². The molecule has 0 radical (unpaired) electrons. The molecular weight excluding hydrogens is 242 g/mol. The second kappa shape index (κ2) is 5.51. The maximum Gasteiger partial charge on any atom is 0.255 e. The van der Waals surface area contributed by atoms with Crippen molar-refractivity contribution in [2.75, 3.05) is 0 Å². The van der Waals surface area contributed by atoms with Gasteiger partial charge in [0.05, 0.1) is 5.56 Å². The summed E-state index contributed by atoms with van der Waals surface area (Å²) < 4.78 is 0. The molecule has 1 aliphatic carbocycles. The summed E-state index contributed by atoms with van der Waals surface area (Å²) in [6.45, 7) is 4.37. The molecular formula is C15H21NO3. The predicted molar refractivity (Wildman–Crippen MR) is 73.2 cm³/mol. The van der Waals surface area contributed by atoms with Crippen molar-refractivity contribution >= 4 is 5.91 Å². The fraction of sp³-hybridized carbons (Fsp3) is 0.533. The molecule has 0 saturated heterocycles. The van der Waals surface area contributed by atoms with Crippen LogP contribution in [-0.2, 0) is 0 Å². The molecule has 1 aromatic rings. The van der Waals surface area contributed by atoms with Crippen molar-refractivity contribution in [3.05, 3.63) is 23.8 Å². The summed E-state index contributed by atoms with van der Waals surface area (Å²) in [4.78, 5) is 12.1. The Kier molecular flexibility index (Phi) is 3.98. The largest absolute Gasteiger partial charge is 0.504 e. The molecule has 0 heterocycles. The highest BCUT2D eigenvalue weighted by Crippen LogP contribution is 2.31. The molecule has 1 saturated carbocycles. The van der Waals surface area contributed by atoms with Gasteiger partial charge >= 0.3 is 0 Å². The first-order valence-electron chi connectivity index (χ1n) is 6.81. The minimum atomic E-state index is -0.350. The van der Waals surface area contributed by atoms with Crippen molar-refractivity contribution < 1.29 is 15.0 Å². The van der Waals surface area contributed by atoms with Crippen LogP contribution in [0.2, 0.25) is 0 Å². The van der Waals surface area contributed by atoms with E-state index >= 15 is 0 Å². The van der Waals surface area contributed by atoms with Gasteiger partial charge in [-0.3, -0.25) is 4.79 Å². The zero-order chi connectivity index (χ0) is 14.0. The second-order valence-corrected chi connectivity index (χ2v) is 5.65. The summed E-state index contributed by atoms with van der Waals surface area (Å²) in [7, 11) is 0. The van der Waals surface area contributed by atoms with E-state index in [1.54, 1.807) is 6.07 Å². The Morgan fingerprint density at radius 2 is 2.00 bits per heavy atom. The SMILES string of the molecule is CC1CCC(NC(=O)c2cccc(O)c2O)C(C)C1. The molecule has 3 unspecified atom stereocenters. The van der Waals surface area contributed by atoms with Gasteiger partial charge in [0.15, 0.2) is 11.5 Å². The topological polar surface area (TPSA) is 69.6 Å². The van der Waals surface area contributed by atoms with Crippen LogP contribution in [0.1, 0.15) is 43.5 Å². The Bertz CT molecular complexity index is 472. The third kappa shape index (κ3) is 3.00. The van der Waals surface area contributed by atoms with Crippen LogP contribution in [0.4, 0.5) is 0 Å². The van der Waals surface area contributed by atoms with E-state index in [0.29, 0.717) is 11.8 Å². The second-order valence-electron chi connectivity index (χ2n) is 5.65. The lowest BCUT2D eigenvalue weighted by Crippen LogP contribution is -2.42. The van der Waals surface area contributed by atoms with E-state index in [1.165, 1.54) is 12.1 Å². The van der Waals surface area contributed by atoms with Crippen molar-refractivity contribution in [3.63, 3.8) is 0 Å². The lowest BCUT2D eigenvalue weighted by molar-refractivity contribution is 0.0896. The number of benzene rings is 1. The molecule has 0 aliphatic heterocycles. The number of phenolic OH excluding ortho intramolecular Hbond substituents is 2. The van der Waals surface area contributed by atoms with Crippen LogP contribution < -0.4 is 5.32 Å². The molecule has 104 valence electrons. The fourth-order valence-corrected chi connectivity index (χ4v) is 2.84. The zero-order valence-corrected chi connectivity index (χ0v) is 11.4. The highest BCUT2D eigenvalue weighted by Gasteiger charge is 2.27. The number of hydrogen-bond acceptors (Lipinski definition) is 3. The Morgan fingerprint density at radius 1 is 1.26 bits per heavy atom. The number of carbonyl (C=O) groups excluding carboxylic acids is 1. The molecule has 3 N–H and O–H groups in total. The van der Waals surface area contributed by atoms with Crippen molar-refractivity contribution in [2.24, 2.45) is 11.8 Å². The Morgan fingerprint density at radius 3 is 2.68 bits per heavy atom. The van der Waals surface area contributed by atoms with Crippen LogP contribution in [-0.4, -0.2) is 22.2 Å². The van der Waals surface area contributed by atoms with E-state index in [0.717, 1.165) is 19.3 Å². The third-order valence-electron chi connectivity index (χ3n) is 4.01. The number of para-hydroxylation sites is 1. The van der Waals surface area contributed by atoms with E-state index in [1.807, 2.05) is 0 Å². The normalized spacial score (nSPS) is 26.9. The summed E-state index contributed by atoms with van der Waals surface area (Å²) in [6.07, 6.45) is 3.19. The maximum absolute atomic E-state index is 12.1. The highest BCUT2D eigenvalue weighted by molar-refractivity contribution is 5.97. The first-order valence-corrected chi connectivity index (χ1v) is 6.81. The molecule has 0 bridgehead atoms. The van der Waals surface area contributed by atoms with Crippen molar-refractivity contribution in [3.8, 4) is 11.5 Å². The van der Waals surface area contributed by atoms with E-state index in [-0.39, 0.29) is 29.0 Å². The van der Waals surface area contributed by atoms with E-state index in [2.05, 4.69) is 19.2 Å². The smallest absolute Gasteiger partial charge is 0.255 e. The summed E-state index contributed by atoms with van der Waals surface area (Å²) in [5.74, 6) is 0.207. The Labute approximate surface area is 113 Å². The maximum atomic E-state index is 12.1. The molecule has 4 heteroatoms. The summed E-state index contributed by atoms with van der Waals surface area (Å²) >= 11 is 0. The van der Waals surface area contributed by atoms with Crippen molar-refractivity contribution in [1.29, 1.82) is 0 Å². The van der Waals surface area contributed by atoms with Gasteiger partial charge in [0.25, 0.3) is 5.91 Å². The fourth-order valence-electron chi connectivity index (χ4n) is 2.84. The lowest BCUT2D eigenvalue weighted by atomic mass is 9.80. The molecule has 4 nitrogen and oxygen atoms in total. The number of aromatic hydroxyl groups is 2. The quantitative estimate of drug-likeness (QED) is 0.718. The number of carbonyl (C=O) groups is 1. The van der Waals surface area contributed by atoms with Crippen LogP contribution in [0.25, 0.3) is 0 Å². The Hall–Kier alpha value is -1.71. The van der Waals surface area contributed by atoms with Gasteiger partial charge in [-0.25, -0.2) is 0 Å². The van der Waals surface area contributed by atoms with Gasteiger partial charge in [-0.2, -0.15) is 0 Å². The monoisotopic (exact) mass is 263 g/mol. The summed E-state index contributed by atoms with van der Waals surface area (Å²) in [6, 6.07) is 4.57. The van der Waals surface area contributed by atoms with E-state index in [9.17, 15) is 15.0 Å². The van der Waals surface area contributed by atoms with Crippen LogP contribution in [0.15, 0.2) is 18.2 Å². The van der Waals surface area contributed by atoms with Gasteiger partial charge in [0.1, 0.15) is 0 Å². The van der Waals surface area contributed by atoms with Gasteiger partial charge in [-0.05, 0) is 43.2 Å². The first kappa shape index (κ1) is 13.7. The highest BCUT2D eigenvalue weighted by atomic mass is 16.3. The van der Waals surface area contributed by atoms with Gasteiger partial charge in [-0.15, -0.1) is 0 Å².